The maximum absolute atomic E-state index is 12.6. The number of aromatic amines is 1. The molecule has 1 aliphatic rings. The molecule has 1 unspecified atom stereocenters. The number of anilines is 1. The minimum absolute atomic E-state index is 0.0273. The first-order valence-electron chi connectivity index (χ1n) is 9.45. The van der Waals surface area contributed by atoms with E-state index in [0.29, 0.717) is 27.3 Å². The second-order valence-electron chi connectivity index (χ2n) is 7.31. The number of H-pyrrole nitrogens is 1. The van der Waals surface area contributed by atoms with Gasteiger partial charge < -0.3 is 15.0 Å². The number of fused-ring (bicyclic) bond motifs is 1. The monoisotopic (exact) mass is 411 g/mol. The van der Waals surface area contributed by atoms with E-state index >= 15 is 0 Å². The molecule has 0 spiro atoms. The Balaban J connectivity index is 1.51. The fraction of sp³-hybridized carbons (Fsp3) is 0.333. The van der Waals surface area contributed by atoms with E-state index in [1.54, 1.807) is 31.2 Å². The normalized spacial score (nSPS) is 14.6. The molecule has 3 aromatic rings. The highest BCUT2D eigenvalue weighted by Gasteiger charge is 2.29. The Morgan fingerprint density at radius 2 is 2.07 bits per heavy atom. The van der Waals surface area contributed by atoms with Crippen LogP contribution in [0.3, 0.4) is 0 Å². The molecule has 1 atom stereocenters. The average molecular weight is 411 g/mol. The van der Waals surface area contributed by atoms with Crippen LogP contribution in [0.2, 0.25) is 0 Å². The Bertz CT molecular complexity index is 1180. The van der Waals surface area contributed by atoms with Crippen molar-refractivity contribution in [1.29, 1.82) is 0 Å². The molecule has 150 valence electrons. The summed E-state index contributed by atoms with van der Waals surface area (Å²) < 4.78 is 5.50. The number of thiophene rings is 1. The Hall–Kier alpha value is -3.00. The zero-order valence-electron chi connectivity index (χ0n) is 16.4. The van der Waals surface area contributed by atoms with Gasteiger partial charge in [-0.05, 0) is 57.4 Å². The van der Waals surface area contributed by atoms with Gasteiger partial charge in [0.25, 0.3) is 5.56 Å². The lowest BCUT2D eigenvalue weighted by molar-refractivity contribution is -0.117. The van der Waals surface area contributed by atoms with Crippen molar-refractivity contribution in [3.05, 3.63) is 56.4 Å². The van der Waals surface area contributed by atoms with Crippen LogP contribution < -0.4 is 10.9 Å². The van der Waals surface area contributed by atoms with Crippen molar-refractivity contribution in [2.24, 2.45) is 5.92 Å². The zero-order chi connectivity index (χ0) is 20.7. The summed E-state index contributed by atoms with van der Waals surface area (Å²) in [5.74, 6) is -0.204. The summed E-state index contributed by atoms with van der Waals surface area (Å²) in [6, 6.07) is 6.62. The van der Waals surface area contributed by atoms with E-state index in [1.165, 1.54) is 11.3 Å². The van der Waals surface area contributed by atoms with Gasteiger partial charge in [-0.1, -0.05) is 6.07 Å². The summed E-state index contributed by atoms with van der Waals surface area (Å²) in [5.41, 5.74) is 1.55. The first-order valence-corrected chi connectivity index (χ1v) is 10.3. The predicted molar refractivity (Wildman–Crippen MR) is 111 cm³/mol. The molecule has 29 heavy (non-hydrogen) atoms. The summed E-state index contributed by atoms with van der Waals surface area (Å²) in [7, 11) is 0. The van der Waals surface area contributed by atoms with E-state index in [2.05, 4.69) is 15.3 Å². The zero-order valence-corrected chi connectivity index (χ0v) is 17.2. The van der Waals surface area contributed by atoms with Crippen LogP contribution in [0.25, 0.3) is 10.2 Å². The van der Waals surface area contributed by atoms with Gasteiger partial charge in [-0.2, -0.15) is 0 Å². The van der Waals surface area contributed by atoms with Gasteiger partial charge >= 0.3 is 5.97 Å². The van der Waals surface area contributed by atoms with Gasteiger partial charge in [0, 0.05) is 16.5 Å². The van der Waals surface area contributed by atoms with Gasteiger partial charge in [0.2, 0.25) is 5.91 Å². The van der Waals surface area contributed by atoms with Crippen LogP contribution in [0.4, 0.5) is 5.69 Å². The first kappa shape index (κ1) is 19.3. The third kappa shape index (κ3) is 3.93. The molecule has 8 heteroatoms. The number of rotatable bonds is 5. The summed E-state index contributed by atoms with van der Waals surface area (Å²) in [5, 5.41) is 3.39. The number of amides is 1. The summed E-state index contributed by atoms with van der Waals surface area (Å²) in [6.45, 7) is 5.50. The Morgan fingerprint density at radius 1 is 1.31 bits per heavy atom. The van der Waals surface area contributed by atoms with Gasteiger partial charge in [0.1, 0.15) is 4.83 Å². The number of aryl methyl sites for hydroxylation is 2. The molecule has 2 aromatic heterocycles. The topological polar surface area (TPSA) is 101 Å². The Labute approximate surface area is 171 Å². The smallest absolute Gasteiger partial charge is 0.338 e. The summed E-state index contributed by atoms with van der Waals surface area (Å²) >= 11 is 1.44. The lowest BCUT2D eigenvalue weighted by atomic mass is 10.2. The van der Waals surface area contributed by atoms with Crippen molar-refractivity contribution in [1.82, 2.24) is 9.97 Å². The maximum atomic E-state index is 12.6. The molecular formula is C21H21N3O4S. The molecule has 4 rings (SSSR count). The van der Waals surface area contributed by atoms with E-state index in [4.69, 9.17) is 4.74 Å². The standard InChI is InChI=1S/C21H21N3O4S/c1-10-12(3)29-20-16(10)19(26)23-17(24-20)11(2)28-21(27)14-5-4-6-15(9-14)22-18(25)13-7-8-13/h4-6,9,11,13H,7-8H2,1-3H3,(H,22,25)(H,23,24,26). The van der Waals surface area contributed by atoms with Gasteiger partial charge in [-0.3, -0.25) is 9.59 Å². The highest BCUT2D eigenvalue weighted by atomic mass is 32.1. The number of carbonyl (C=O) groups is 2. The molecule has 1 amide bonds. The van der Waals surface area contributed by atoms with Crippen LogP contribution in [-0.2, 0) is 9.53 Å². The average Bonchev–Trinajstić information content (AvgIpc) is 3.48. The Morgan fingerprint density at radius 3 is 2.79 bits per heavy atom. The van der Waals surface area contributed by atoms with E-state index in [-0.39, 0.29) is 17.4 Å². The van der Waals surface area contributed by atoms with E-state index < -0.39 is 12.1 Å². The number of carbonyl (C=O) groups excluding carboxylic acids is 2. The van der Waals surface area contributed by atoms with Crippen LogP contribution in [0.5, 0.6) is 0 Å². The molecule has 0 saturated heterocycles. The highest BCUT2D eigenvalue weighted by molar-refractivity contribution is 7.18. The minimum atomic E-state index is -0.730. The number of aromatic nitrogens is 2. The number of nitrogens with one attached hydrogen (secondary N) is 2. The van der Waals surface area contributed by atoms with Gasteiger partial charge in [-0.15, -0.1) is 11.3 Å². The second kappa shape index (κ2) is 7.44. The molecule has 1 saturated carbocycles. The van der Waals surface area contributed by atoms with E-state index in [0.717, 1.165) is 23.3 Å². The number of esters is 1. The molecule has 1 aliphatic carbocycles. The minimum Gasteiger partial charge on any atom is -0.451 e. The SMILES string of the molecule is Cc1sc2nc(C(C)OC(=O)c3cccc(NC(=O)C4CC4)c3)[nH]c(=O)c2c1C. The molecule has 0 bridgehead atoms. The van der Waals surface area contributed by atoms with Gasteiger partial charge in [0.15, 0.2) is 11.9 Å². The van der Waals surface area contributed by atoms with E-state index in [1.807, 2.05) is 13.8 Å². The number of benzene rings is 1. The summed E-state index contributed by atoms with van der Waals surface area (Å²) in [4.78, 5) is 45.8. The molecular weight excluding hydrogens is 390 g/mol. The largest absolute Gasteiger partial charge is 0.451 e. The predicted octanol–water partition coefficient (Wildman–Crippen LogP) is 3.87. The molecule has 0 radical (unpaired) electrons. The molecule has 2 heterocycles. The summed E-state index contributed by atoms with van der Waals surface area (Å²) in [6.07, 6.45) is 1.08. The van der Waals surface area contributed by atoms with Crippen molar-refractivity contribution in [2.75, 3.05) is 5.32 Å². The van der Waals surface area contributed by atoms with Crippen LogP contribution in [0.1, 0.15) is 52.5 Å². The second-order valence-corrected chi connectivity index (χ2v) is 8.51. The van der Waals surface area contributed by atoms with Crippen molar-refractivity contribution < 1.29 is 14.3 Å². The third-order valence-corrected chi connectivity index (χ3v) is 6.14. The lowest BCUT2D eigenvalue weighted by Gasteiger charge is -2.13. The fourth-order valence-corrected chi connectivity index (χ4v) is 4.10. The van der Waals surface area contributed by atoms with E-state index in [9.17, 15) is 14.4 Å². The van der Waals surface area contributed by atoms with Crippen LogP contribution in [-0.4, -0.2) is 21.8 Å². The quantitative estimate of drug-likeness (QED) is 0.621. The maximum Gasteiger partial charge on any atom is 0.338 e. The molecule has 1 aromatic carbocycles. The van der Waals surface area contributed by atoms with Crippen LogP contribution in [0, 0.1) is 19.8 Å². The number of ether oxygens (including phenoxy) is 1. The number of hydrogen-bond acceptors (Lipinski definition) is 6. The fourth-order valence-electron chi connectivity index (χ4n) is 3.06. The highest BCUT2D eigenvalue weighted by Crippen LogP contribution is 2.30. The van der Waals surface area contributed by atoms with Crippen LogP contribution >= 0.6 is 11.3 Å². The number of nitrogens with zero attached hydrogens (tertiary/aromatic N) is 1. The third-order valence-electron chi connectivity index (χ3n) is 5.04. The van der Waals surface area contributed by atoms with Crippen molar-refractivity contribution in [2.45, 2.75) is 39.7 Å². The van der Waals surface area contributed by atoms with Crippen LogP contribution in [0.15, 0.2) is 29.1 Å². The van der Waals surface area contributed by atoms with Gasteiger partial charge in [0.05, 0.1) is 10.9 Å². The molecule has 7 nitrogen and oxygen atoms in total. The van der Waals surface area contributed by atoms with Gasteiger partial charge in [-0.25, -0.2) is 9.78 Å². The van der Waals surface area contributed by atoms with Crippen molar-refractivity contribution in [3.63, 3.8) is 0 Å². The molecule has 2 N–H and O–H groups in total. The van der Waals surface area contributed by atoms with Crippen molar-refractivity contribution in [3.8, 4) is 0 Å². The van der Waals surface area contributed by atoms with Crippen molar-refractivity contribution >= 4 is 39.1 Å². The first-order chi connectivity index (χ1) is 13.8. The molecule has 1 fully saturated rings. The Kier molecular flexibility index (Phi) is 4.96. The molecule has 0 aliphatic heterocycles. The lowest BCUT2D eigenvalue weighted by Crippen LogP contribution is -2.17. The number of hydrogen-bond donors (Lipinski definition) is 2.